The summed E-state index contributed by atoms with van der Waals surface area (Å²) in [5.74, 6) is 8.51. The van der Waals surface area contributed by atoms with E-state index in [0.717, 1.165) is 47.3 Å². The van der Waals surface area contributed by atoms with Crippen LogP contribution in [-0.4, -0.2) is 0 Å². The van der Waals surface area contributed by atoms with E-state index >= 15 is 0 Å². The molecule has 5 saturated carbocycles. The zero-order valence-electron chi connectivity index (χ0n) is 20.3. The molecule has 0 amide bonds. The first-order valence-corrected chi connectivity index (χ1v) is 14.2. The lowest BCUT2D eigenvalue weighted by Crippen LogP contribution is -2.58. The zero-order valence-corrected chi connectivity index (χ0v) is 20.3. The van der Waals surface area contributed by atoms with Crippen molar-refractivity contribution in [2.75, 3.05) is 0 Å². The van der Waals surface area contributed by atoms with Gasteiger partial charge in [-0.2, -0.15) is 0 Å². The summed E-state index contributed by atoms with van der Waals surface area (Å²) < 4.78 is 0. The monoisotopic (exact) mass is 408 g/mol. The number of hydrogen-bond donors (Lipinski definition) is 0. The van der Waals surface area contributed by atoms with E-state index < -0.39 is 0 Å². The summed E-state index contributed by atoms with van der Waals surface area (Å²) >= 11 is 0. The van der Waals surface area contributed by atoms with Gasteiger partial charge in [0.05, 0.1) is 0 Å². The SMILES string of the molecule is CC1(C)C(C2=CCCCC2)CCC2(C)C3CCC4C5CCCC5CCC4C3CCC12. The summed E-state index contributed by atoms with van der Waals surface area (Å²) in [6, 6.07) is 0. The molecule has 9 atom stereocenters. The Bertz CT molecular complexity index is 684. The minimum Gasteiger partial charge on any atom is -0.0850 e. The molecule has 0 aromatic heterocycles. The molecule has 0 radical (unpaired) electrons. The molecule has 0 spiro atoms. The Morgan fingerprint density at radius 3 is 2.33 bits per heavy atom. The summed E-state index contributed by atoms with van der Waals surface area (Å²) in [6.45, 7) is 8.19. The van der Waals surface area contributed by atoms with Crippen LogP contribution in [0.1, 0.15) is 117 Å². The van der Waals surface area contributed by atoms with Crippen LogP contribution in [-0.2, 0) is 0 Å². The predicted octanol–water partition coefficient (Wildman–Crippen LogP) is 8.81. The Labute approximate surface area is 187 Å². The van der Waals surface area contributed by atoms with Crippen LogP contribution in [0.15, 0.2) is 11.6 Å². The molecule has 5 fully saturated rings. The molecule has 0 N–H and O–H groups in total. The van der Waals surface area contributed by atoms with E-state index in [1.807, 2.05) is 5.57 Å². The van der Waals surface area contributed by atoms with Crippen LogP contribution in [0.4, 0.5) is 0 Å². The van der Waals surface area contributed by atoms with Gasteiger partial charge in [-0.15, -0.1) is 0 Å². The van der Waals surface area contributed by atoms with Crippen LogP contribution in [0.3, 0.4) is 0 Å². The molecule has 0 saturated heterocycles. The minimum absolute atomic E-state index is 0.515. The number of rotatable bonds is 1. The Hall–Kier alpha value is -0.260. The van der Waals surface area contributed by atoms with Crippen LogP contribution in [0.5, 0.6) is 0 Å². The van der Waals surface area contributed by atoms with Crippen molar-refractivity contribution < 1.29 is 0 Å². The van der Waals surface area contributed by atoms with Gasteiger partial charge in [0, 0.05) is 0 Å². The van der Waals surface area contributed by atoms with Gasteiger partial charge in [0.1, 0.15) is 0 Å². The lowest BCUT2D eigenvalue weighted by molar-refractivity contribution is -0.157. The predicted molar refractivity (Wildman–Crippen MR) is 127 cm³/mol. The van der Waals surface area contributed by atoms with Crippen molar-refractivity contribution >= 4 is 0 Å². The fraction of sp³-hybridized carbons (Fsp3) is 0.933. The normalized spacial score (nSPS) is 52.4. The molecule has 0 bridgehead atoms. The maximum absolute atomic E-state index is 2.79. The average molecular weight is 409 g/mol. The molecule has 9 unspecified atom stereocenters. The molecule has 0 aromatic carbocycles. The van der Waals surface area contributed by atoms with E-state index in [9.17, 15) is 0 Å². The highest BCUT2D eigenvalue weighted by Gasteiger charge is 2.61. The van der Waals surface area contributed by atoms with E-state index in [1.165, 1.54) is 38.5 Å². The van der Waals surface area contributed by atoms with Crippen LogP contribution >= 0.6 is 0 Å². The van der Waals surface area contributed by atoms with Crippen molar-refractivity contribution in [2.45, 2.75) is 117 Å². The van der Waals surface area contributed by atoms with Gasteiger partial charge in [0.2, 0.25) is 0 Å². The molecule has 6 aliphatic rings. The highest BCUT2D eigenvalue weighted by molar-refractivity contribution is 5.19. The van der Waals surface area contributed by atoms with Crippen LogP contribution in [0.25, 0.3) is 0 Å². The quantitative estimate of drug-likeness (QED) is 0.380. The van der Waals surface area contributed by atoms with Crippen molar-refractivity contribution in [3.8, 4) is 0 Å². The lowest BCUT2D eigenvalue weighted by Gasteiger charge is -2.65. The molecular weight excluding hydrogens is 360 g/mol. The first-order valence-electron chi connectivity index (χ1n) is 14.2. The van der Waals surface area contributed by atoms with Crippen LogP contribution < -0.4 is 0 Å². The van der Waals surface area contributed by atoms with Gasteiger partial charge in [-0.25, -0.2) is 0 Å². The van der Waals surface area contributed by atoms with Crippen molar-refractivity contribution in [1.82, 2.24) is 0 Å². The van der Waals surface area contributed by atoms with E-state index in [1.54, 1.807) is 57.8 Å². The summed E-state index contributed by atoms with van der Waals surface area (Å²) in [5, 5.41) is 0. The summed E-state index contributed by atoms with van der Waals surface area (Å²) in [5.41, 5.74) is 3.02. The summed E-state index contributed by atoms with van der Waals surface area (Å²) in [7, 11) is 0. The third kappa shape index (κ3) is 2.90. The van der Waals surface area contributed by atoms with E-state index in [0.29, 0.717) is 10.8 Å². The second kappa shape index (κ2) is 7.38. The zero-order chi connectivity index (χ0) is 20.5. The highest BCUT2D eigenvalue weighted by atomic mass is 14.7. The molecule has 6 rings (SSSR count). The third-order valence-electron chi connectivity index (χ3n) is 12.5. The summed E-state index contributed by atoms with van der Waals surface area (Å²) in [6.07, 6.45) is 25.6. The van der Waals surface area contributed by atoms with Gasteiger partial charge < -0.3 is 0 Å². The standard InChI is InChI=1S/C30H48/c1-29(2)26(21-8-5-4-6-9-21)18-19-30(3)27-16-14-23-22-11-7-10-20(22)12-13-24(23)25(27)15-17-28(29)30/h8,20,22-28H,4-7,9-19H2,1-3H3. The largest absolute Gasteiger partial charge is 0.0850 e. The first-order chi connectivity index (χ1) is 14.5. The molecular formula is C30H48. The molecule has 0 nitrogen and oxygen atoms in total. The highest BCUT2D eigenvalue weighted by Crippen LogP contribution is 2.69. The number of hydrogen-bond acceptors (Lipinski definition) is 0. The molecule has 0 heterocycles. The maximum atomic E-state index is 2.79. The van der Waals surface area contributed by atoms with Crippen molar-refractivity contribution in [3.63, 3.8) is 0 Å². The number of allylic oxidation sites excluding steroid dienone is 2. The number of fused-ring (bicyclic) bond motifs is 7. The molecule has 0 aromatic rings. The van der Waals surface area contributed by atoms with E-state index in [2.05, 4.69) is 26.8 Å². The second-order valence-corrected chi connectivity index (χ2v) is 13.7. The van der Waals surface area contributed by atoms with Crippen LogP contribution in [0, 0.1) is 58.2 Å². The van der Waals surface area contributed by atoms with Crippen molar-refractivity contribution in [1.29, 1.82) is 0 Å². The Morgan fingerprint density at radius 1 is 0.700 bits per heavy atom. The van der Waals surface area contributed by atoms with E-state index in [4.69, 9.17) is 0 Å². The first kappa shape index (κ1) is 20.4. The maximum Gasteiger partial charge on any atom is -0.0149 e. The summed E-state index contributed by atoms with van der Waals surface area (Å²) in [4.78, 5) is 0. The smallest absolute Gasteiger partial charge is 0.0149 e. The minimum atomic E-state index is 0.515. The second-order valence-electron chi connectivity index (χ2n) is 13.7. The van der Waals surface area contributed by atoms with Gasteiger partial charge in [-0.3, -0.25) is 0 Å². The van der Waals surface area contributed by atoms with Crippen molar-refractivity contribution in [3.05, 3.63) is 11.6 Å². The van der Waals surface area contributed by atoms with E-state index in [-0.39, 0.29) is 0 Å². The Kier molecular flexibility index (Phi) is 5.01. The Morgan fingerprint density at radius 2 is 1.50 bits per heavy atom. The van der Waals surface area contributed by atoms with Gasteiger partial charge in [-0.05, 0) is 142 Å². The van der Waals surface area contributed by atoms with Gasteiger partial charge in [-0.1, -0.05) is 45.3 Å². The third-order valence-corrected chi connectivity index (χ3v) is 12.5. The molecule has 0 heteroatoms. The van der Waals surface area contributed by atoms with Gasteiger partial charge >= 0.3 is 0 Å². The van der Waals surface area contributed by atoms with Crippen LogP contribution in [0.2, 0.25) is 0 Å². The molecule has 0 aliphatic heterocycles. The lowest BCUT2D eigenvalue weighted by atomic mass is 9.39. The fourth-order valence-electron chi connectivity index (χ4n) is 11.4. The fourth-order valence-corrected chi connectivity index (χ4v) is 11.4. The van der Waals surface area contributed by atoms with Gasteiger partial charge in [0.15, 0.2) is 0 Å². The Balaban J connectivity index is 1.26. The molecule has 30 heavy (non-hydrogen) atoms. The molecule has 6 aliphatic carbocycles. The van der Waals surface area contributed by atoms with Gasteiger partial charge in [0.25, 0.3) is 0 Å². The van der Waals surface area contributed by atoms with Crippen molar-refractivity contribution in [2.24, 2.45) is 58.2 Å². The topological polar surface area (TPSA) is 0 Å². The average Bonchev–Trinajstić information content (AvgIpc) is 3.23. The molecule has 168 valence electrons.